The van der Waals surface area contributed by atoms with Crippen molar-refractivity contribution in [2.45, 2.75) is 37.0 Å². The number of aromatic nitrogens is 4. The lowest BCUT2D eigenvalue weighted by molar-refractivity contribution is 0.509. The van der Waals surface area contributed by atoms with Crippen LogP contribution in [0.2, 0.25) is 0 Å². The highest BCUT2D eigenvalue weighted by Gasteiger charge is 2.23. The topological polar surface area (TPSA) is 71.5 Å². The molecule has 5 rings (SSSR count). The maximum Gasteiger partial charge on any atom is 0.259 e. The second-order valence-corrected chi connectivity index (χ2v) is 9.59. The Kier molecular flexibility index (Phi) is 4.06. The molecule has 0 aliphatic heterocycles. The van der Waals surface area contributed by atoms with Gasteiger partial charge in [-0.05, 0) is 42.2 Å². The Labute approximate surface area is 161 Å². The Morgan fingerprint density at radius 3 is 3.19 bits per heavy atom. The van der Waals surface area contributed by atoms with Crippen molar-refractivity contribution in [3.8, 4) is 0 Å². The molecule has 1 N–H and O–H groups in total. The molecule has 5 nitrogen and oxygen atoms in total. The van der Waals surface area contributed by atoms with Gasteiger partial charge in [-0.2, -0.15) is 0 Å². The van der Waals surface area contributed by atoms with E-state index in [0.717, 1.165) is 44.7 Å². The molecule has 1 atom stereocenters. The van der Waals surface area contributed by atoms with Crippen molar-refractivity contribution in [3.05, 3.63) is 44.4 Å². The minimum atomic E-state index is 0.000945. The predicted octanol–water partition coefficient (Wildman–Crippen LogP) is 4.41. The number of thioether (sulfide) groups is 1. The van der Waals surface area contributed by atoms with Gasteiger partial charge in [-0.15, -0.1) is 22.7 Å². The fourth-order valence-corrected chi connectivity index (χ4v) is 6.53. The molecular formula is C18H16N4OS3. The molecule has 1 aliphatic rings. The van der Waals surface area contributed by atoms with Crippen molar-refractivity contribution in [2.24, 2.45) is 5.92 Å². The smallest absolute Gasteiger partial charge is 0.259 e. The van der Waals surface area contributed by atoms with Gasteiger partial charge < -0.3 is 4.98 Å². The van der Waals surface area contributed by atoms with E-state index in [1.54, 1.807) is 40.8 Å². The number of aromatic amines is 1. The molecule has 8 heteroatoms. The van der Waals surface area contributed by atoms with E-state index >= 15 is 0 Å². The molecule has 4 heterocycles. The summed E-state index contributed by atoms with van der Waals surface area (Å²) >= 11 is 4.89. The zero-order chi connectivity index (χ0) is 17.7. The van der Waals surface area contributed by atoms with E-state index in [9.17, 15) is 4.79 Å². The standard InChI is InChI=1S/C18H16N4OS3/c1-9-2-3-10-12(6-9)26-18-14(10)15(23)21-13(22-18)7-25-17-11-4-5-24-16(11)19-8-20-17/h4-5,8-9H,2-3,6-7H2,1H3,(H,21,22,23). The van der Waals surface area contributed by atoms with Gasteiger partial charge in [0.1, 0.15) is 26.8 Å². The number of aryl methyl sites for hydroxylation is 1. The third-order valence-corrected chi connectivity index (χ3v) is 7.77. The van der Waals surface area contributed by atoms with E-state index in [0.29, 0.717) is 17.5 Å². The predicted molar refractivity (Wildman–Crippen MR) is 108 cm³/mol. The minimum Gasteiger partial charge on any atom is -0.309 e. The van der Waals surface area contributed by atoms with Crippen LogP contribution in [0.25, 0.3) is 20.4 Å². The van der Waals surface area contributed by atoms with Gasteiger partial charge in [0.15, 0.2) is 0 Å². The fraction of sp³-hybridized carbons (Fsp3) is 0.333. The van der Waals surface area contributed by atoms with Gasteiger partial charge in [0.25, 0.3) is 5.56 Å². The molecule has 4 aromatic heterocycles. The molecule has 26 heavy (non-hydrogen) atoms. The van der Waals surface area contributed by atoms with E-state index in [1.165, 1.54) is 10.4 Å². The molecule has 1 unspecified atom stereocenters. The monoisotopic (exact) mass is 400 g/mol. The Bertz CT molecular complexity index is 1180. The largest absolute Gasteiger partial charge is 0.309 e. The first-order chi connectivity index (χ1) is 12.7. The first-order valence-electron chi connectivity index (χ1n) is 8.53. The summed E-state index contributed by atoms with van der Waals surface area (Å²) in [5, 5.41) is 4.82. The fourth-order valence-electron chi connectivity index (χ4n) is 3.48. The summed E-state index contributed by atoms with van der Waals surface area (Å²) in [6.07, 6.45) is 4.80. The summed E-state index contributed by atoms with van der Waals surface area (Å²) in [4.78, 5) is 32.3. The summed E-state index contributed by atoms with van der Waals surface area (Å²) in [7, 11) is 0. The lowest BCUT2D eigenvalue weighted by Gasteiger charge is -2.17. The second-order valence-electron chi connectivity index (χ2n) is 6.65. The Balaban J connectivity index is 1.48. The molecule has 0 bridgehead atoms. The molecule has 132 valence electrons. The van der Waals surface area contributed by atoms with Crippen molar-refractivity contribution < 1.29 is 0 Å². The first kappa shape index (κ1) is 16.4. The zero-order valence-corrected chi connectivity index (χ0v) is 16.6. The Morgan fingerprint density at radius 2 is 2.27 bits per heavy atom. The number of hydrogen-bond acceptors (Lipinski definition) is 7. The molecule has 0 saturated carbocycles. The first-order valence-corrected chi connectivity index (χ1v) is 11.2. The summed E-state index contributed by atoms with van der Waals surface area (Å²) in [5.41, 5.74) is 1.23. The van der Waals surface area contributed by atoms with Crippen LogP contribution in [-0.2, 0) is 18.6 Å². The summed E-state index contributed by atoms with van der Waals surface area (Å²) in [6, 6.07) is 2.04. The number of H-pyrrole nitrogens is 1. The molecule has 1 aliphatic carbocycles. The van der Waals surface area contributed by atoms with Crippen molar-refractivity contribution >= 4 is 54.9 Å². The van der Waals surface area contributed by atoms with Crippen LogP contribution in [-0.4, -0.2) is 19.9 Å². The van der Waals surface area contributed by atoms with Gasteiger partial charge in [-0.3, -0.25) is 4.79 Å². The molecule has 0 aromatic carbocycles. The van der Waals surface area contributed by atoms with Crippen molar-refractivity contribution in [3.63, 3.8) is 0 Å². The number of rotatable bonds is 3. The number of nitrogens with one attached hydrogen (secondary N) is 1. The molecule has 0 fully saturated rings. The molecule has 4 aromatic rings. The number of hydrogen-bond donors (Lipinski definition) is 1. The molecule has 0 saturated heterocycles. The summed E-state index contributed by atoms with van der Waals surface area (Å²) in [5.74, 6) is 1.99. The van der Waals surface area contributed by atoms with Crippen LogP contribution in [0.3, 0.4) is 0 Å². The van der Waals surface area contributed by atoms with E-state index in [-0.39, 0.29) is 5.56 Å². The highest BCUT2D eigenvalue weighted by molar-refractivity contribution is 7.98. The van der Waals surface area contributed by atoms with Gasteiger partial charge in [0, 0.05) is 10.3 Å². The van der Waals surface area contributed by atoms with Gasteiger partial charge in [0.05, 0.1) is 11.1 Å². The van der Waals surface area contributed by atoms with Crippen LogP contribution in [0.15, 0.2) is 27.6 Å². The second kappa shape index (κ2) is 6.44. The van der Waals surface area contributed by atoms with Gasteiger partial charge in [-0.1, -0.05) is 18.7 Å². The average molecular weight is 401 g/mol. The lowest BCUT2D eigenvalue weighted by Crippen LogP contribution is -2.14. The van der Waals surface area contributed by atoms with Crippen LogP contribution >= 0.6 is 34.4 Å². The quantitative estimate of drug-likeness (QED) is 0.407. The highest BCUT2D eigenvalue weighted by Crippen LogP contribution is 2.36. The lowest BCUT2D eigenvalue weighted by atomic mass is 9.89. The van der Waals surface area contributed by atoms with E-state index in [2.05, 4.69) is 21.9 Å². The number of thiophene rings is 2. The van der Waals surface area contributed by atoms with Crippen molar-refractivity contribution in [1.29, 1.82) is 0 Å². The van der Waals surface area contributed by atoms with E-state index in [4.69, 9.17) is 4.98 Å². The van der Waals surface area contributed by atoms with Gasteiger partial charge >= 0.3 is 0 Å². The van der Waals surface area contributed by atoms with Gasteiger partial charge in [0.2, 0.25) is 0 Å². The van der Waals surface area contributed by atoms with E-state index in [1.807, 2.05) is 11.4 Å². The molecule has 0 amide bonds. The van der Waals surface area contributed by atoms with Crippen LogP contribution in [0.1, 0.15) is 29.6 Å². The van der Waals surface area contributed by atoms with Crippen LogP contribution in [0, 0.1) is 5.92 Å². The Hall–Kier alpha value is -1.77. The van der Waals surface area contributed by atoms with Crippen molar-refractivity contribution in [1.82, 2.24) is 19.9 Å². The third-order valence-electron chi connectivity index (χ3n) is 4.79. The number of nitrogens with zero attached hydrogens (tertiary/aromatic N) is 3. The van der Waals surface area contributed by atoms with Crippen LogP contribution in [0.4, 0.5) is 0 Å². The van der Waals surface area contributed by atoms with E-state index < -0.39 is 0 Å². The summed E-state index contributed by atoms with van der Waals surface area (Å²) in [6.45, 7) is 2.28. The normalized spacial score (nSPS) is 17.0. The van der Waals surface area contributed by atoms with Crippen LogP contribution < -0.4 is 5.56 Å². The Morgan fingerprint density at radius 1 is 1.35 bits per heavy atom. The molecular weight excluding hydrogens is 384 g/mol. The maximum absolute atomic E-state index is 12.7. The summed E-state index contributed by atoms with van der Waals surface area (Å²) < 4.78 is 0. The van der Waals surface area contributed by atoms with Crippen LogP contribution in [0.5, 0.6) is 0 Å². The van der Waals surface area contributed by atoms with Crippen molar-refractivity contribution in [2.75, 3.05) is 0 Å². The average Bonchev–Trinajstić information content (AvgIpc) is 3.23. The van der Waals surface area contributed by atoms with Gasteiger partial charge in [-0.25, -0.2) is 15.0 Å². The SMILES string of the molecule is CC1CCc2c(sc3nc(CSc4ncnc5sccc45)[nH]c(=O)c23)C1. The molecule has 0 spiro atoms. The zero-order valence-electron chi connectivity index (χ0n) is 14.1. The molecule has 0 radical (unpaired) electrons. The number of fused-ring (bicyclic) bond motifs is 4. The third kappa shape index (κ3) is 2.76. The maximum atomic E-state index is 12.7. The highest BCUT2D eigenvalue weighted by atomic mass is 32.2. The minimum absolute atomic E-state index is 0.000945.